The van der Waals surface area contributed by atoms with E-state index in [0.29, 0.717) is 6.42 Å². The van der Waals surface area contributed by atoms with Crippen molar-refractivity contribution >= 4 is 0 Å². The zero-order valence-electron chi connectivity index (χ0n) is 12.9. The molecule has 0 aliphatic carbocycles. The van der Waals surface area contributed by atoms with Crippen LogP contribution in [0.4, 0.5) is 4.39 Å². The summed E-state index contributed by atoms with van der Waals surface area (Å²) in [5, 5.41) is 7.71. The molecule has 2 aromatic heterocycles. The largest absolute Gasteiger partial charge is 0.306 e. The number of hydrogen-bond donors (Lipinski definition) is 1. The Morgan fingerprint density at radius 1 is 1.19 bits per heavy atom. The van der Waals surface area contributed by atoms with E-state index in [0.717, 1.165) is 11.5 Å². The summed E-state index contributed by atoms with van der Waals surface area (Å²) in [5.74, 6) is 0.571. The van der Waals surface area contributed by atoms with E-state index in [1.807, 2.05) is 4.68 Å². The Hall–Kier alpha value is -1.82. The monoisotopic (exact) mass is 291 g/mol. The number of pyridine rings is 1. The molecule has 1 unspecified atom stereocenters. The first kappa shape index (κ1) is 15.6. The van der Waals surface area contributed by atoms with Crippen molar-refractivity contribution in [3.63, 3.8) is 0 Å². The first-order valence-electron chi connectivity index (χ1n) is 7.23. The van der Waals surface area contributed by atoms with E-state index in [1.165, 1.54) is 12.3 Å². The normalized spacial score (nSPS) is 13.1. The molecule has 0 bridgehead atoms. The van der Waals surface area contributed by atoms with Gasteiger partial charge in [0.25, 0.3) is 0 Å². The van der Waals surface area contributed by atoms with Gasteiger partial charge in [-0.1, -0.05) is 13.8 Å². The molecule has 0 aliphatic rings. The summed E-state index contributed by atoms with van der Waals surface area (Å²) in [7, 11) is 0. The first-order valence-corrected chi connectivity index (χ1v) is 7.23. The van der Waals surface area contributed by atoms with E-state index in [2.05, 4.69) is 48.1 Å². The summed E-state index contributed by atoms with van der Waals surface area (Å²) >= 11 is 0. The zero-order chi connectivity index (χ0) is 15.4. The summed E-state index contributed by atoms with van der Waals surface area (Å²) in [6.07, 6.45) is 3.48. The minimum Gasteiger partial charge on any atom is -0.306 e. The molecular weight excluding hydrogens is 269 g/mol. The second-order valence-electron chi connectivity index (χ2n) is 5.69. The van der Waals surface area contributed by atoms with Crippen LogP contribution in [0.3, 0.4) is 0 Å². The molecule has 2 rings (SSSR count). The molecule has 6 heteroatoms. The topological polar surface area (TPSA) is 55.6 Å². The number of halogens is 1. The lowest BCUT2D eigenvalue weighted by Crippen LogP contribution is -2.31. The maximum atomic E-state index is 13.1. The maximum absolute atomic E-state index is 13.1. The molecule has 0 saturated heterocycles. The van der Waals surface area contributed by atoms with Gasteiger partial charge in [-0.25, -0.2) is 14.1 Å². The Kier molecular flexibility index (Phi) is 5.01. The third-order valence-corrected chi connectivity index (χ3v) is 3.16. The lowest BCUT2D eigenvalue weighted by molar-refractivity contribution is 0.431. The molecule has 0 radical (unpaired) electrons. The molecule has 2 aromatic rings. The first-order chi connectivity index (χ1) is 9.97. The van der Waals surface area contributed by atoms with Crippen LogP contribution in [-0.4, -0.2) is 25.8 Å². The smallest absolute Gasteiger partial charge is 0.141 e. The second kappa shape index (κ2) is 6.76. The highest BCUT2D eigenvalue weighted by Gasteiger charge is 2.19. The molecular formula is C15H22FN5. The summed E-state index contributed by atoms with van der Waals surface area (Å²) in [5.41, 5.74) is 0.809. The van der Waals surface area contributed by atoms with Gasteiger partial charge in [-0.3, -0.25) is 4.98 Å². The minimum atomic E-state index is -0.326. The van der Waals surface area contributed by atoms with Crippen LogP contribution in [0.1, 0.15) is 51.3 Å². The third-order valence-electron chi connectivity index (χ3n) is 3.16. The number of hydrogen-bond acceptors (Lipinski definition) is 4. The fourth-order valence-electron chi connectivity index (χ4n) is 2.28. The lowest BCUT2D eigenvalue weighted by atomic mass is 10.1. The van der Waals surface area contributed by atoms with Crippen LogP contribution < -0.4 is 5.32 Å². The molecule has 0 spiro atoms. The summed E-state index contributed by atoms with van der Waals surface area (Å²) < 4.78 is 15.0. The highest BCUT2D eigenvalue weighted by molar-refractivity contribution is 5.12. The number of rotatable bonds is 6. The lowest BCUT2D eigenvalue weighted by Gasteiger charge is -2.21. The van der Waals surface area contributed by atoms with Gasteiger partial charge in [0.15, 0.2) is 0 Å². The van der Waals surface area contributed by atoms with Gasteiger partial charge in [0, 0.05) is 18.5 Å². The van der Waals surface area contributed by atoms with E-state index in [4.69, 9.17) is 0 Å². The molecule has 0 amide bonds. The average Bonchev–Trinajstić information content (AvgIpc) is 2.86. The van der Waals surface area contributed by atoms with Gasteiger partial charge < -0.3 is 5.32 Å². The molecule has 5 nitrogen and oxygen atoms in total. The Morgan fingerprint density at radius 2 is 1.95 bits per heavy atom. The van der Waals surface area contributed by atoms with Crippen molar-refractivity contribution in [1.29, 1.82) is 0 Å². The van der Waals surface area contributed by atoms with Gasteiger partial charge in [0.05, 0.1) is 17.9 Å². The molecule has 21 heavy (non-hydrogen) atoms. The van der Waals surface area contributed by atoms with Crippen LogP contribution in [-0.2, 0) is 6.42 Å². The van der Waals surface area contributed by atoms with Crippen molar-refractivity contribution < 1.29 is 4.39 Å². The van der Waals surface area contributed by atoms with Gasteiger partial charge in [-0.05, 0) is 26.0 Å². The molecule has 0 fully saturated rings. The van der Waals surface area contributed by atoms with Crippen molar-refractivity contribution in [2.75, 3.05) is 0 Å². The van der Waals surface area contributed by atoms with Crippen LogP contribution >= 0.6 is 0 Å². The SMILES string of the molecule is CC(C)NC(Cc1ncnn1C(C)C)c1ccc(F)cn1. The molecule has 1 N–H and O–H groups in total. The molecule has 1 atom stereocenters. The van der Waals surface area contributed by atoms with Gasteiger partial charge in [-0.2, -0.15) is 5.10 Å². The molecule has 0 saturated carbocycles. The molecule has 114 valence electrons. The number of nitrogens with zero attached hydrogens (tertiary/aromatic N) is 4. The Balaban J connectivity index is 2.24. The zero-order valence-corrected chi connectivity index (χ0v) is 12.9. The van der Waals surface area contributed by atoms with Gasteiger partial charge in [0.1, 0.15) is 18.0 Å². The van der Waals surface area contributed by atoms with E-state index in [1.54, 1.807) is 12.4 Å². The highest BCUT2D eigenvalue weighted by Crippen LogP contribution is 2.18. The number of aromatic nitrogens is 4. The predicted octanol–water partition coefficient (Wildman–Crippen LogP) is 2.67. The van der Waals surface area contributed by atoms with Crippen molar-refractivity contribution in [2.45, 2.75) is 52.2 Å². The van der Waals surface area contributed by atoms with Crippen molar-refractivity contribution in [3.8, 4) is 0 Å². The van der Waals surface area contributed by atoms with Crippen molar-refractivity contribution in [2.24, 2.45) is 0 Å². The fourth-order valence-corrected chi connectivity index (χ4v) is 2.28. The summed E-state index contributed by atoms with van der Waals surface area (Å²) in [6.45, 7) is 8.28. The Bertz CT molecular complexity index is 562. The highest BCUT2D eigenvalue weighted by atomic mass is 19.1. The van der Waals surface area contributed by atoms with Gasteiger partial charge >= 0.3 is 0 Å². The van der Waals surface area contributed by atoms with Crippen LogP contribution in [0.2, 0.25) is 0 Å². The molecule has 0 aliphatic heterocycles. The minimum absolute atomic E-state index is 0.0210. The van der Waals surface area contributed by atoms with Crippen molar-refractivity contribution in [3.05, 3.63) is 42.0 Å². The Morgan fingerprint density at radius 3 is 2.52 bits per heavy atom. The van der Waals surface area contributed by atoms with Crippen molar-refractivity contribution in [1.82, 2.24) is 25.1 Å². The van der Waals surface area contributed by atoms with Crippen LogP contribution in [0.5, 0.6) is 0 Å². The maximum Gasteiger partial charge on any atom is 0.141 e. The standard InChI is InChI=1S/C15H22FN5/c1-10(2)20-14(13-6-5-12(16)8-17-13)7-15-18-9-19-21(15)11(3)4/h5-6,8-11,14,20H,7H2,1-4H3. The van der Waals surface area contributed by atoms with E-state index < -0.39 is 0 Å². The predicted molar refractivity (Wildman–Crippen MR) is 79.3 cm³/mol. The second-order valence-corrected chi connectivity index (χ2v) is 5.69. The van der Waals surface area contributed by atoms with Crippen LogP contribution in [0, 0.1) is 5.82 Å². The molecule has 0 aromatic carbocycles. The third kappa shape index (κ3) is 4.07. The Labute approximate surface area is 124 Å². The van der Waals surface area contributed by atoms with E-state index in [-0.39, 0.29) is 23.9 Å². The summed E-state index contributed by atoms with van der Waals surface area (Å²) in [4.78, 5) is 8.53. The molecule has 2 heterocycles. The average molecular weight is 291 g/mol. The van der Waals surface area contributed by atoms with E-state index in [9.17, 15) is 4.39 Å². The quantitative estimate of drug-likeness (QED) is 0.889. The summed E-state index contributed by atoms with van der Waals surface area (Å²) in [6, 6.07) is 3.67. The van der Waals surface area contributed by atoms with Gasteiger partial charge in [0.2, 0.25) is 0 Å². The van der Waals surface area contributed by atoms with E-state index >= 15 is 0 Å². The fraction of sp³-hybridized carbons (Fsp3) is 0.533. The van der Waals surface area contributed by atoms with Gasteiger partial charge in [-0.15, -0.1) is 0 Å². The van der Waals surface area contributed by atoms with Crippen LogP contribution in [0.15, 0.2) is 24.7 Å². The number of nitrogens with one attached hydrogen (secondary N) is 1. The van der Waals surface area contributed by atoms with Crippen LogP contribution in [0.25, 0.3) is 0 Å².